The van der Waals surface area contributed by atoms with Crippen LogP contribution in [-0.2, 0) is 0 Å². The zero-order valence-corrected chi connectivity index (χ0v) is 11.1. The molecule has 2 heterocycles. The Balaban J connectivity index is 2.08. The second-order valence-corrected chi connectivity index (χ2v) is 5.07. The lowest BCUT2D eigenvalue weighted by atomic mass is 10.3. The molecular formula is C12H8ClN3O2S. The van der Waals surface area contributed by atoms with Gasteiger partial charge in [-0.05, 0) is 18.2 Å². The fraction of sp³-hybridized carbons (Fsp3) is 0. The molecule has 0 bridgehead atoms. The summed E-state index contributed by atoms with van der Waals surface area (Å²) in [6, 6.07) is 8.92. The van der Waals surface area contributed by atoms with Gasteiger partial charge < -0.3 is 4.52 Å². The fourth-order valence-electron chi connectivity index (χ4n) is 1.54. The average molecular weight is 294 g/mol. The van der Waals surface area contributed by atoms with E-state index in [0.717, 1.165) is 10.2 Å². The summed E-state index contributed by atoms with van der Waals surface area (Å²) < 4.78 is 5.31. The highest BCUT2D eigenvalue weighted by Gasteiger charge is 2.11. The topological polar surface area (TPSA) is 63.8 Å². The number of carbonyl (C=O) groups excluding carboxylic acids is 1. The second-order valence-electron chi connectivity index (χ2n) is 3.72. The van der Waals surface area contributed by atoms with E-state index >= 15 is 0 Å². The standard InChI is InChI=1S/C12H8ClN3O2S/c13-9-5-11(19-7-9)12(17)16-14-6-8-3-1-2-4-10(8)18-15-16/h1-7,15H. The van der Waals surface area contributed by atoms with Crippen LogP contribution in [0.25, 0.3) is 11.0 Å². The van der Waals surface area contributed by atoms with E-state index in [0.29, 0.717) is 15.5 Å². The zero-order chi connectivity index (χ0) is 13.2. The van der Waals surface area contributed by atoms with Gasteiger partial charge in [-0.2, -0.15) is 5.10 Å². The molecule has 0 spiro atoms. The Hall–Kier alpha value is -2.05. The normalized spacial score (nSPS) is 10.6. The number of nitrogens with one attached hydrogen (secondary N) is 1. The van der Waals surface area contributed by atoms with Crippen LogP contribution < -0.4 is 0 Å². The number of rotatable bonds is 1. The van der Waals surface area contributed by atoms with E-state index in [9.17, 15) is 4.79 Å². The Morgan fingerprint density at radius 2 is 2.26 bits per heavy atom. The number of halogens is 1. The lowest BCUT2D eigenvalue weighted by Crippen LogP contribution is -2.15. The molecule has 1 aromatic carbocycles. The van der Waals surface area contributed by atoms with Crippen molar-refractivity contribution >= 4 is 39.8 Å². The van der Waals surface area contributed by atoms with Crippen LogP contribution in [0.5, 0.6) is 0 Å². The minimum absolute atomic E-state index is 0.332. The summed E-state index contributed by atoms with van der Waals surface area (Å²) in [5, 5.41) is 9.53. The van der Waals surface area contributed by atoms with Gasteiger partial charge in [0.25, 0.3) is 0 Å². The van der Waals surface area contributed by atoms with Crippen molar-refractivity contribution in [3.63, 3.8) is 0 Å². The molecule has 0 aliphatic rings. The van der Waals surface area contributed by atoms with Crippen molar-refractivity contribution in [2.24, 2.45) is 0 Å². The molecule has 0 radical (unpaired) electrons. The van der Waals surface area contributed by atoms with Gasteiger partial charge in [-0.15, -0.1) is 21.4 Å². The van der Waals surface area contributed by atoms with Gasteiger partial charge in [-0.3, -0.25) is 4.79 Å². The number of H-pyrrole nitrogens is 1. The third kappa shape index (κ3) is 2.40. The predicted molar refractivity (Wildman–Crippen MR) is 73.0 cm³/mol. The SMILES string of the molecule is O=C(c1cc(Cl)cs1)n1ncc2ccccc2o[nH]1. The molecule has 0 unspecified atom stereocenters. The molecule has 5 nitrogen and oxygen atoms in total. The minimum atomic E-state index is -0.332. The third-order valence-corrected chi connectivity index (χ3v) is 3.71. The van der Waals surface area contributed by atoms with Crippen molar-refractivity contribution < 1.29 is 9.32 Å². The molecule has 0 aliphatic heterocycles. The van der Waals surface area contributed by atoms with Crippen molar-refractivity contribution in [3.05, 3.63) is 51.8 Å². The molecule has 0 aliphatic carbocycles. The molecular weight excluding hydrogens is 286 g/mol. The van der Waals surface area contributed by atoms with E-state index in [1.54, 1.807) is 23.7 Å². The predicted octanol–water partition coefficient (Wildman–Crippen LogP) is 3.49. The second kappa shape index (κ2) is 4.91. The van der Waals surface area contributed by atoms with E-state index < -0.39 is 0 Å². The number of para-hydroxylation sites is 1. The lowest BCUT2D eigenvalue weighted by Gasteiger charge is -1.95. The Bertz CT molecular complexity index is 743. The van der Waals surface area contributed by atoms with Crippen LogP contribution in [0.1, 0.15) is 9.67 Å². The third-order valence-electron chi connectivity index (χ3n) is 2.44. The number of benzene rings is 1. The molecule has 0 fully saturated rings. The molecule has 1 N–H and O–H groups in total. The first-order valence-electron chi connectivity index (χ1n) is 5.38. The summed E-state index contributed by atoms with van der Waals surface area (Å²) in [6.07, 6.45) is 1.56. The van der Waals surface area contributed by atoms with Gasteiger partial charge in [0, 0.05) is 10.8 Å². The van der Waals surface area contributed by atoms with Gasteiger partial charge in [-0.1, -0.05) is 23.7 Å². The Kier molecular flexibility index (Phi) is 3.10. The number of carbonyl (C=O) groups is 1. The number of aromatic nitrogens is 3. The van der Waals surface area contributed by atoms with Gasteiger partial charge in [0.05, 0.1) is 16.1 Å². The molecule has 0 saturated heterocycles. The summed E-state index contributed by atoms with van der Waals surface area (Å²) in [5.41, 5.74) is 0.603. The van der Waals surface area contributed by atoms with Crippen LogP contribution in [0.15, 0.2) is 46.4 Å². The van der Waals surface area contributed by atoms with E-state index in [4.69, 9.17) is 16.1 Å². The fourth-order valence-corrected chi connectivity index (χ4v) is 2.54. The Morgan fingerprint density at radius 1 is 1.42 bits per heavy atom. The number of hydrogen-bond donors (Lipinski definition) is 1. The van der Waals surface area contributed by atoms with Gasteiger partial charge in [0.2, 0.25) is 0 Å². The summed E-state index contributed by atoms with van der Waals surface area (Å²) in [7, 11) is 0. The minimum Gasteiger partial charge on any atom is -0.364 e. The quantitative estimate of drug-likeness (QED) is 0.747. The van der Waals surface area contributed by atoms with Crippen molar-refractivity contribution in [2.45, 2.75) is 0 Å². The average Bonchev–Trinajstić information content (AvgIpc) is 2.74. The number of aromatic amines is 1. The number of hydrogen-bond acceptors (Lipinski definition) is 4. The summed E-state index contributed by atoms with van der Waals surface area (Å²) in [6.45, 7) is 0. The maximum atomic E-state index is 12.1. The van der Waals surface area contributed by atoms with Crippen molar-refractivity contribution in [1.82, 2.24) is 15.2 Å². The van der Waals surface area contributed by atoms with Crippen LogP contribution in [0.4, 0.5) is 0 Å². The molecule has 19 heavy (non-hydrogen) atoms. The van der Waals surface area contributed by atoms with Crippen LogP contribution >= 0.6 is 22.9 Å². The lowest BCUT2D eigenvalue weighted by molar-refractivity contribution is 0.0901. The van der Waals surface area contributed by atoms with Gasteiger partial charge >= 0.3 is 5.91 Å². The van der Waals surface area contributed by atoms with E-state index in [1.165, 1.54) is 11.3 Å². The van der Waals surface area contributed by atoms with Crippen LogP contribution in [0.3, 0.4) is 0 Å². The maximum Gasteiger partial charge on any atom is 0.305 e. The van der Waals surface area contributed by atoms with Crippen LogP contribution in [0.2, 0.25) is 5.02 Å². The molecule has 3 rings (SSSR count). The van der Waals surface area contributed by atoms with Crippen molar-refractivity contribution in [1.29, 1.82) is 0 Å². The smallest absolute Gasteiger partial charge is 0.305 e. The summed E-state index contributed by atoms with van der Waals surface area (Å²) >= 11 is 7.05. The van der Waals surface area contributed by atoms with E-state index in [2.05, 4.69) is 10.4 Å². The first kappa shape index (κ1) is 12.0. The highest BCUT2D eigenvalue weighted by Crippen LogP contribution is 2.19. The highest BCUT2D eigenvalue weighted by molar-refractivity contribution is 7.12. The van der Waals surface area contributed by atoms with Gasteiger partial charge in [-0.25, -0.2) is 0 Å². The van der Waals surface area contributed by atoms with E-state index in [-0.39, 0.29) is 5.91 Å². The zero-order valence-electron chi connectivity index (χ0n) is 9.54. The molecule has 7 heteroatoms. The highest BCUT2D eigenvalue weighted by atomic mass is 35.5. The molecule has 0 amide bonds. The van der Waals surface area contributed by atoms with E-state index in [1.807, 2.05) is 18.2 Å². The summed E-state index contributed by atoms with van der Waals surface area (Å²) in [5.74, 6) is -0.332. The molecule has 0 saturated carbocycles. The van der Waals surface area contributed by atoms with Gasteiger partial charge in [0.15, 0.2) is 5.58 Å². The maximum absolute atomic E-state index is 12.1. The molecule has 0 atom stereocenters. The van der Waals surface area contributed by atoms with Crippen LogP contribution in [0, 0.1) is 0 Å². The number of thiophene rings is 1. The number of nitrogens with zero attached hydrogens (tertiary/aromatic N) is 2. The molecule has 2 aromatic heterocycles. The molecule has 3 aromatic rings. The largest absolute Gasteiger partial charge is 0.364 e. The first-order valence-corrected chi connectivity index (χ1v) is 6.64. The van der Waals surface area contributed by atoms with Gasteiger partial charge in [0.1, 0.15) is 0 Å². The monoisotopic (exact) mass is 293 g/mol. The Labute approximate surface area is 116 Å². The van der Waals surface area contributed by atoms with Crippen molar-refractivity contribution in [3.8, 4) is 0 Å². The van der Waals surface area contributed by atoms with Crippen molar-refractivity contribution in [2.75, 3.05) is 0 Å². The number of fused-ring (bicyclic) bond motifs is 1. The first-order chi connectivity index (χ1) is 9.24. The summed E-state index contributed by atoms with van der Waals surface area (Å²) in [4.78, 5) is 13.6. The molecule has 96 valence electrons. The Morgan fingerprint density at radius 3 is 3.05 bits per heavy atom. The van der Waals surface area contributed by atoms with Crippen LogP contribution in [-0.4, -0.2) is 21.1 Å².